The average Bonchev–Trinajstić information content (AvgIpc) is 3.37. The van der Waals surface area contributed by atoms with Gasteiger partial charge in [0.25, 0.3) is 5.56 Å². The molecule has 2 aromatic heterocycles. The molecule has 2 saturated heterocycles. The first-order valence-electron chi connectivity index (χ1n) is 13.5. The second kappa shape index (κ2) is 11.2. The molecule has 0 saturated carbocycles. The van der Waals surface area contributed by atoms with E-state index in [4.69, 9.17) is 9.97 Å². The Hall–Kier alpha value is -3.01. The van der Waals surface area contributed by atoms with E-state index < -0.39 is 0 Å². The van der Waals surface area contributed by atoms with Crippen molar-refractivity contribution in [2.24, 2.45) is 5.92 Å². The molecule has 2 fully saturated rings. The van der Waals surface area contributed by atoms with Crippen molar-refractivity contribution in [2.75, 3.05) is 42.9 Å². The lowest BCUT2D eigenvalue weighted by Gasteiger charge is -2.34. The maximum Gasteiger partial charge on any atom is 0.264 e. The van der Waals surface area contributed by atoms with Crippen LogP contribution < -0.4 is 26.4 Å². The minimum absolute atomic E-state index is 0.132. The van der Waals surface area contributed by atoms with Gasteiger partial charge in [-0.25, -0.2) is 4.98 Å². The SMILES string of the molecule is O=c1[nH]c(N2CCC(NCC3C=CC=CC3)CC2)nc(N[C@@H]2CCCNC2)c1-c1nc2ccccc2s1. The number of aromatic amines is 1. The molecule has 1 aromatic carbocycles. The Bertz CT molecular complexity index is 1300. The van der Waals surface area contributed by atoms with Gasteiger partial charge in [0.2, 0.25) is 5.95 Å². The fraction of sp³-hybridized carbons (Fsp3) is 0.464. The number of thiazole rings is 1. The number of nitrogens with zero attached hydrogens (tertiary/aromatic N) is 3. The summed E-state index contributed by atoms with van der Waals surface area (Å²) in [6, 6.07) is 8.75. The Morgan fingerprint density at radius 2 is 1.97 bits per heavy atom. The summed E-state index contributed by atoms with van der Waals surface area (Å²) < 4.78 is 1.07. The van der Waals surface area contributed by atoms with Gasteiger partial charge in [0.15, 0.2) is 0 Å². The quantitative estimate of drug-likeness (QED) is 0.377. The highest BCUT2D eigenvalue weighted by Crippen LogP contribution is 2.33. The first-order valence-corrected chi connectivity index (χ1v) is 14.3. The van der Waals surface area contributed by atoms with Crippen molar-refractivity contribution >= 4 is 33.3 Å². The number of anilines is 2. The summed E-state index contributed by atoms with van der Waals surface area (Å²) in [5, 5.41) is 11.5. The zero-order valence-corrected chi connectivity index (χ0v) is 21.9. The van der Waals surface area contributed by atoms with Crippen molar-refractivity contribution in [1.82, 2.24) is 25.6 Å². The van der Waals surface area contributed by atoms with Gasteiger partial charge in [0.05, 0.1) is 10.2 Å². The third kappa shape index (κ3) is 5.63. The predicted octanol–water partition coefficient (Wildman–Crippen LogP) is 3.90. The van der Waals surface area contributed by atoms with Crippen LogP contribution in [0.5, 0.6) is 0 Å². The smallest absolute Gasteiger partial charge is 0.264 e. The summed E-state index contributed by atoms with van der Waals surface area (Å²) in [5.74, 6) is 1.88. The van der Waals surface area contributed by atoms with Gasteiger partial charge in [0, 0.05) is 38.3 Å². The van der Waals surface area contributed by atoms with Gasteiger partial charge in [-0.15, -0.1) is 11.3 Å². The molecule has 0 amide bonds. The van der Waals surface area contributed by atoms with E-state index in [1.54, 1.807) is 11.3 Å². The minimum Gasteiger partial charge on any atom is -0.365 e. The molecule has 0 radical (unpaired) electrons. The first kappa shape index (κ1) is 24.3. The third-order valence-electron chi connectivity index (χ3n) is 7.58. The molecule has 2 aliphatic heterocycles. The van der Waals surface area contributed by atoms with E-state index in [0.717, 1.165) is 75.0 Å². The van der Waals surface area contributed by atoms with Crippen molar-refractivity contribution in [2.45, 2.75) is 44.2 Å². The van der Waals surface area contributed by atoms with Crippen molar-refractivity contribution in [3.8, 4) is 10.6 Å². The maximum absolute atomic E-state index is 13.5. The van der Waals surface area contributed by atoms with Gasteiger partial charge in [0.1, 0.15) is 16.4 Å². The summed E-state index contributed by atoms with van der Waals surface area (Å²) in [6.07, 6.45) is 14.1. The Labute approximate surface area is 221 Å². The highest BCUT2D eigenvalue weighted by atomic mass is 32.1. The standard InChI is InChI=1S/C28H35N7OS/c36-26-24(27-32-22-10-4-5-11-23(22)37-27)25(31-21-9-6-14-29-18-21)33-28(34-26)35-15-12-20(13-16-35)30-17-19-7-2-1-3-8-19/h1-5,7,10-11,19-21,29-30H,6,8-9,12-18H2,(H2,31,33,34,36)/t19?,21-/m1/s1. The van der Waals surface area contributed by atoms with Gasteiger partial charge in [-0.05, 0) is 56.7 Å². The van der Waals surface area contributed by atoms with Crippen LogP contribution in [-0.2, 0) is 0 Å². The number of hydrogen-bond donors (Lipinski definition) is 4. The number of H-pyrrole nitrogens is 1. The molecule has 1 aliphatic carbocycles. The number of benzene rings is 1. The van der Waals surface area contributed by atoms with Crippen molar-refractivity contribution in [1.29, 1.82) is 0 Å². The number of aromatic nitrogens is 3. The predicted molar refractivity (Wildman–Crippen MR) is 153 cm³/mol. The Kier molecular flexibility index (Phi) is 7.34. The largest absolute Gasteiger partial charge is 0.365 e. The van der Waals surface area contributed by atoms with Gasteiger partial charge >= 0.3 is 0 Å². The molecule has 1 unspecified atom stereocenters. The van der Waals surface area contributed by atoms with E-state index in [9.17, 15) is 4.79 Å². The van der Waals surface area contributed by atoms with E-state index in [1.165, 1.54) is 0 Å². The van der Waals surface area contributed by atoms with Crippen LogP contribution in [0.15, 0.2) is 53.4 Å². The molecule has 0 bridgehead atoms. The summed E-state index contributed by atoms with van der Waals surface area (Å²) in [5.41, 5.74) is 1.32. The van der Waals surface area contributed by atoms with E-state index in [-0.39, 0.29) is 11.6 Å². The van der Waals surface area contributed by atoms with Crippen LogP contribution in [0, 0.1) is 5.92 Å². The Morgan fingerprint density at radius 1 is 1.08 bits per heavy atom. The number of piperidine rings is 2. The topological polar surface area (TPSA) is 98.0 Å². The summed E-state index contributed by atoms with van der Waals surface area (Å²) >= 11 is 1.54. The second-order valence-electron chi connectivity index (χ2n) is 10.3. The summed E-state index contributed by atoms with van der Waals surface area (Å²) in [4.78, 5) is 28.6. The molecule has 3 aromatic rings. The maximum atomic E-state index is 13.5. The number of hydrogen-bond acceptors (Lipinski definition) is 8. The summed E-state index contributed by atoms with van der Waals surface area (Å²) in [6.45, 7) is 4.65. The average molecular weight is 518 g/mol. The van der Waals surface area contributed by atoms with Crippen LogP contribution in [0.25, 0.3) is 20.8 Å². The highest BCUT2D eigenvalue weighted by Gasteiger charge is 2.25. The number of para-hydroxylation sites is 1. The van der Waals surface area contributed by atoms with Crippen molar-refractivity contribution < 1.29 is 0 Å². The molecule has 4 N–H and O–H groups in total. The number of rotatable bonds is 7. The fourth-order valence-corrected chi connectivity index (χ4v) is 6.47. The minimum atomic E-state index is -0.132. The molecule has 6 rings (SSSR count). The zero-order chi connectivity index (χ0) is 25.0. The molecule has 8 nitrogen and oxygen atoms in total. The Morgan fingerprint density at radius 3 is 2.76 bits per heavy atom. The van der Waals surface area contributed by atoms with Gasteiger partial charge in [-0.2, -0.15) is 4.98 Å². The van der Waals surface area contributed by atoms with Crippen LogP contribution in [0.1, 0.15) is 32.1 Å². The number of fused-ring (bicyclic) bond motifs is 1. The Balaban J connectivity index is 1.21. The highest BCUT2D eigenvalue weighted by molar-refractivity contribution is 7.21. The van der Waals surface area contributed by atoms with Gasteiger partial charge < -0.3 is 20.9 Å². The molecular formula is C28H35N7OS. The molecule has 0 spiro atoms. The molecular weight excluding hydrogens is 482 g/mol. The normalized spacial score (nSPS) is 22.5. The third-order valence-corrected chi connectivity index (χ3v) is 8.64. The monoisotopic (exact) mass is 517 g/mol. The molecule has 3 aliphatic rings. The van der Waals surface area contributed by atoms with Gasteiger partial charge in [-0.1, -0.05) is 36.4 Å². The molecule has 37 heavy (non-hydrogen) atoms. The second-order valence-corrected chi connectivity index (χ2v) is 11.3. The molecule has 194 valence electrons. The fourth-order valence-electron chi connectivity index (χ4n) is 5.46. The van der Waals surface area contributed by atoms with Crippen LogP contribution in [0.4, 0.5) is 11.8 Å². The van der Waals surface area contributed by atoms with Crippen LogP contribution in [0.2, 0.25) is 0 Å². The number of allylic oxidation sites excluding steroid dienone is 3. The summed E-state index contributed by atoms with van der Waals surface area (Å²) in [7, 11) is 0. The lowest BCUT2D eigenvalue weighted by molar-refractivity contribution is 0.393. The van der Waals surface area contributed by atoms with Crippen LogP contribution in [-0.4, -0.2) is 59.8 Å². The lowest BCUT2D eigenvalue weighted by atomic mass is 9.99. The van der Waals surface area contributed by atoms with Crippen molar-refractivity contribution in [3.05, 3.63) is 58.9 Å². The molecule has 4 heterocycles. The van der Waals surface area contributed by atoms with E-state index in [0.29, 0.717) is 34.3 Å². The van der Waals surface area contributed by atoms with Crippen LogP contribution in [0.3, 0.4) is 0 Å². The van der Waals surface area contributed by atoms with E-state index in [2.05, 4.69) is 50.1 Å². The van der Waals surface area contributed by atoms with Crippen LogP contribution >= 0.6 is 11.3 Å². The lowest BCUT2D eigenvalue weighted by Crippen LogP contribution is -2.45. The van der Waals surface area contributed by atoms with Crippen molar-refractivity contribution in [3.63, 3.8) is 0 Å². The zero-order valence-electron chi connectivity index (χ0n) is 21.1. The van der Waals surface area contributed by atoms with E-state index >= 15 is 0 Å². The first-order chi connectivity index (χ1) is 18.2. The van der Waals surface area contributed by atoms with E-state index in [1.807, 2.05) is 24.3 Å². The van der Waals surface area contributed by atoms with Gasteiger partial charge in [-0.3, -0.25) is 9.78 Å². The molecule has 2 atom stereocenters. The molecule has 9 heteroatoms. The number of nitrogens with one attached hydrogen (secondary N) is 4.